The Bertz CT molecular complexity index is 3890. The van der Waals surface area contributed by atoms with Gasteiger partial charge in [0, 0.05) is 22.3 Å². The minimum absolute atomic E-state index is 0.677. The molecule has 0 N–H and O–H groups in total. The van der Waals surface area contributed by atoms with E-state index < -0.39 is 0 Å². The third kappa shape index (κ3) is 6.22. The van der Waals surface area contributed by atoms with Crippen LogP contribution in [0.4, 0.5) is 0 Å². The standard InChI is InChI=1S/C62H48N8/c1-5-25-59-55(21-1)63-33-47-17-9-13-43-29-44-14-10-18-48(52(44)31-51(43)47)35-65-39-69(61-27-7-3-23-57(61)65)42-70-40-66(58-24-4-8-28-62(58)70)36-50-20-12-16-46-30-45-15-11-19-49(53(45)32-54(46)50)34-64-38-68(41-67(59)37-63)60-26-6-2-22-56(60)64/h1-32,37-40H,33-36,41-42H2/q+4. The maximum absolute atomic E-state index is 2.45. The minimum atomic E-state index is 0.677. The zero-order chi connectivity index (χ0) is 45.9. The van der Waals surface area contributed by atoms with Gasteiger partial charge in [-0.15, -0.1) is 0 Å². The molecule has 0 atom stereocenters. The highest BCUT2D eigenvalue weighted by Gasteiger charge is 2.25. The lowest BCUT2D eigenvalue weighted by atomic mass is 9.96. The Kier molecular flexibility index (Phi) is 8.57. The van der Waals surface area contributed by atoms with Crippen LogP contribution in [-0.2, 0) is 39.5 Å². The smallest absolute Gasteiger partial charge is 0.225 e. The molecule has 70 heavy (non-hydrogen) atoms. The van der Waals surface area contributed by atoms with Crippen molar-refractivity contribution in [3.05, 3.63) is 242 Å². The molecule has 12 bridgehead atoms. The average molecular weight is 905 g/mol. The molecule has 1 aliphatic rings. The van der Waals surface area contributed by atoms with Gasteiger partial charge in [-0.3, -0.25) is 0 Å². The molecular weight excluding hydrogens is 857 g/mol. The maximum Gasteiger partial charge on any atom is 0.248 e. The summed E-state index contributed by atoms with van der Waals surface area (Å²) in [5.74, 6) is 0. The molecule has 0 spiro atoms. The molecule has 0 aliphatic carbocycles. The zero-order valence-corrected chi connectivity index (χ0v) is 38.6. The molecule has 0 unspecified atom stereocenters. The summed E-state index contributed by atoms with van der Waals surface area (Å²) in [7, 11) is 0. The van der Waals surface area contributed by atoms with E-state index in [4.69, 9.17) is 0 Å². The van der Waals surface area contributed by atoms with Crippen LogP contribution < -0.4 is 18.3 Å². The molecule has 0 saturated heterocycles. The van der Waals surface area contributed by atoms with Crippen molar-refractivity contribution in [2.75, 3.05) is 0 Å². The SMILES string of the molecule is c1cc2c3cc4c(cccc4cc3c1)Cn1c[n+](c3ccccc31)C[n+]1cn(c3ccccc31)Cc1cccc3cc4cccc(c4cc13)Cn1c[n+](c3ccccc31)C[n+]1cn(c3ccccc31)C2. The number of para-hydroxylation sites is 8. The highest BCUT2D eigenvalue weighted by atomic mass is 15.3. The molecule has 0 radical (unpaired) electrons. The molecule has 15 rings (SSSR count). The summed E-state index contributed by atoms with van der Waals surface area (Å²) in [6.07, 6.45) is 9.28. The van der Waals surface area contributed by atoms with Gasteiger partial charge in [-0.25, -0.2) is 18.3 Å². The van der Waals surface area contributed by atoms with Crippen LogP contribution in [-0.4, -0.2) is 18.3 Å². The van der Waals surface area contributed by atoms with E-state index >= 15 is 0 Å². The number of rotatable bonds is 0. The van der Waals surface area contributed by atoms with Gasteiger partial charge in [0.15, 0.2) is 44.1 Å². The first-order chi connectivity index (χ1) is 34.6. The Labute approximate surface area is 403 Å². The zero-order valence-electron chi connectivity index (χ0n) is 38.6. The number of imidazole rings is 4. The van der Waals surface area contributed by atoms with E-state index in [1.165, 1.54) is 109 Å². The molecule has 5 heterocycles. The molecule has 332 valence electrons. The number of aromatic nitrogens is 8. The molecule has 1 aliphatic heterocycles. The normalized spacial score (nSPS) is 13.4. The number of benzene rings is 10. The van der Waals surface area contributed by atoms with Crippen LogP contribution in [0.5, 0.6) is 0 Å². The van der Waals surface area contributed by atoms with Crippen molar-refractivity contribution in [2.45, 2.75) is 39.5 Å². The highest BCUT2D eigenvalue weighted by Crippen LogP contribution is 2.32. The van der Waals surface area contributed by atoms with Crippen LogP contribution in [0.3, 0.4) is 0 Å². The number of fused-ring (bicyclic) bond motifs is 20. The fourth-order valence-corrected chi connectivity index (χ4v) is 11.9. The Morgan fingerprint density at radius 2 is 0.514 bits per heavy atom. The third-order valence-corrected chi connectivity index (χ3v) is 15.2. The van der Waals surface area contributed by atoms with Gasteiger partial charge >= 0.3 is 0 Å². The summed E-state index contributed by atoms with van der Waals surface area (Å²) in [4.78, 5) is 0. The third-order valence-electron chi connectivity index (χ3n) is 15.2. The largest absolute Gasteiger partial charge is 0.248 e. The summed E-state index contributed by atoms with van der Waals surface area (Å²) < 4.78 is 19.4. The first-order valence-electron chi connectivity index (χ1n) is 24.4. The van der Waals surface area contributed by atoms with Gasteiger partial charge in [0.1, 0.15) is 26.2 Å². The van der Waals surface area contributed by atoms with E-state index in [1.54, 1.807) is 0 Å². The van der Waals surface area contributed by atoms with E-state index in [1.807, 2.05) is 0 Å². The molecule has 14 aromatic rings. The van der Waals surface area contributed by atoms with Crippen molar-refractivity contribution in [1.29, 1.82) is 0 Å². The quantitative estimate of drug-likeness (QED) is 0.107. The van der Waals surface area contributed by atoms with Gasteiger partial charge in [0.25, 0.3) is 0 Å². The van der Waals surface area contributed by atoms with Crippen molar-refractivity contribution in [3.63, 3.8) is 0 Å². The van der Waals surface area contributed by atoms with Gasteiger partial charge in [-0.1, -0.05) is 121 Å². The van der Waals surface area contributed by atoms with E-state index in [0.717, 1.165) is 26.2 Å². The van der Waals surface area contributed by atoms with Crippen molar-refractivity contribution in [1.82, 2.24) is 18.3 Å². The second-order valence-electron chi connectivity index (χ2n) is 19.3. The maximum atomic E-state index is 2.45. The average Bonchev–Trinajstić information content (AvgIpc) is 4.14. The Morgan fingerprint density at radius 3 is 0.786 bits per heavy atom. The van der Waals surface area contributed by atoms with Crippen LogP contribution in [0.1, 0.15) is 22.3 Å². The Balaban J connectivity index is 0.942. The van der Waals surface area contributed by atoms with Crippen LogP contribution in [0.25, 0.3) is 87.2 Å². The van der Waals surface area contributed by atoms with Crippen LogP contribution in [0, 0.1) is 0 Å². The molecule has 0 saturated carbocycles. The molecule has 0 amide bonds. The predicted octanol–water partition coefficient (Wildman–Crippen LogP) is 10.8. The van der Waals surface area contributed by atoms with Gasteiger partial charge in [-0.2, -0.15) is 18.3 Å². The van der Waals surface area contributed by atoms with Gasteiger partial charge in [0.2, 0.25) is 38.6 Å². The summed E-state index contributed by atoms with van der Waals surface area (Å²) in [6.45, 7) is 4.35. The summed E-state index contributed by atoms with van der Waals surface area (Å²) in [6, 6.07) is 72.3. The molecule has 8 heteroatoms. The van der Waals surface area contributed by atoms with E-state index in [2.05, 4.69) is 256 Å². The molecule has 8 nitrogen and oxygen atoms in total. The lowest BCUT2D eigenvalue weighted by molar-refractivity contribution is -0.891. The van der Waals surface area contributed by atoms with E-state index in [-0.39, 0.29) is 0 Å². The summed E-state index contributed by atoms with van der Waals surface area (Å²) in [5.41, 5.74) is 14.9. The van der Waals surface area contributed by atoms with E-state index in [9.17, 15) is 0 Å². The highest BCUT2D eigenvalue weighted by molar-refractivity contribution is 6.02. The summed E-state index contributed by atoms with van der Waals surface area (Å²) in [5, 5.41) is 10.2. The topological polar surface area (TPSA) is 35.2 Å². The Hall–Kier alpha value is -8.88. The predicted molar refractivity (Wildman–Crippen MR) is 279 cm³/mol. The molecule has 4 aromatic heterocycles. The molecule has 10 aromatic carbocycles. The van der Waals surface area contributed by atoms with Gasteiger partial charge < -0.3 is 0 Å². The van der Waals surface area contributed by atoms with Crippen LogP contribution >= 0.6 is 0 Å². The minimum Gasteiger partial charge on any atom is -0.225 e. The van der Waals surface area contributed by atoms with Crippen molar-refractivity contribution in [3.8, 4) is 0 Å². The fourth-order valence-electron chi connectivity index (χ4n) is 11.9. The summed E-state index contributed by atoms with van der Waals surface area (Å²) >= 11 is 0. The van der Waals surface area contributed by atoms with E-state index in [0.29, 0.717) is 13.3 Å². The van der Waals surface area contributed by atoms with Crippen LogP contribution in [0.2, 0.25) is 0 Å². The second kappa shape index (κ2) is 15.3. The lowest BCUT2D eigenvalue weighted by Crippen LogP contribution is -2.50. The number of hydrogen-bond donors (Lipinski definition) is 0. The second-order valence-corrected chi connectivity index (χ2v) is 19.3. The molecule has 0 fully saturated rings. The monoisotopic (exact) mass is 904 g/mol. The molecular formula is C62H48N8+4. The first kappa shape index (κ1) is 39.1. The van der Waals surface area contributed by atoms with Crippen molar-refractivity contribution >= 4 is 87.2 Å². The van der Waals surface area contributed by atoms with Crippen LogP contribution in [0.15, 0.2) is 219 Å². The van der Waals surface area contributed by atoms with Gasteiger partial charge in [0.05, 0.1) is 0 Å². The fraction of sp³-hybridized carbons (Fsp3) is 0.0968. The Morgan fingerprint density at radius 1 is 0.257 bits per heavy atom. The lowest BCUT2D eigenvalue weighted by Gasteiger charge is -2.10. The first-order valence-corrected chi connectivity index (χ1v) is 24.4. The van der Waals surface area contributed by atoms with Crippen molar-refractivity contribution in [2.24, 2.45) is 0 Å². The number of hydrogen-bond acceptors (Lipinski definition) is 0. The van der Waals surface area contributed by atoms with Crippen molar-refractivity contribution < 1.29 is 18.3 Å². The van der Waals surface area contributed by atoms with Gasteiger partial charge in [-0.05, 0) is 116 Å². The number of nitrogens with zero attached hydrogens (tertiary/aromatic N) is 8.